The van der Waals surface area contributed by atoms with Crippen molar-refractivity contribution in [2.75, 3.05) is 26.1 Å². The van der Waals surface area contributed by atoms with Crippen molar-refractivity contribution < 1.29 is 14.6 Å². The molecule has 2 aliphatic rings. The van der Waals surface area contributed by atoms with Crippen molar-refractivity contribution in [1.29, 1.82) is 0 Å². The number of phenolic OH excluding ortho intramolecular Hbond substituents is 1. The highest BCUT2D eigenvalue weighted by Gasteiger charge is 2.36. The van der Waals surface area contributed by atoms with Crippen LogP contribution in [0.2, 0.25) is 0 Å². The maximum atomic E-state index is 12.8. The number of carbonyl (C=O) groups excluding carboxylic acids is 1. The number of para-hydroxylation sites is 1. The summed E-state index contributed by atoms with van der Waals surface area (Å²) in [5.41, 5.74) is 4.67. The Balaban J connectivity index is 1.48. The number of amides is 1. The molecule has 1 atom stereocenters. The van der Waals surface area contributed by atoms with Gasteiger partial charge in [-0.05, 0) is 71.4 Å². The van der Waals surface area contributed by atoms with E-state index in [2.05, 4.69) is 34.2 Å². The van der Waals surface area contributed by atoms with Gasteiger partial charge in [0.25, 0.3) is 5.91 Å². The number of hydrogen-bond donors (Lipinski definition) is 1. The SMILES string of the molecule is COc1ccc(C2=NN(C3=NC(=O)/C(=C/c4ccccc4O)S3)C(c3ccc(N(C)C)cc3)C2)cc1. The molecule has 1 N–H and O–H groups in total. The van der Waals surface area contributed by atoms with Crippen molar-refractivity contribution in [2.45, 2.75) is 12.5 Å². The Kier molecular flexibility index (Phi) is 6.52. The number of nitrogens with zero attached hydrogens (tertiary/aromatic N) is 4. The van der Waals surface area contributed by atoms with Gasteiger partial charge in [-0.3, -0.25) is 4.79 Å². The molecule has 0 saturated carbocycles. The number of hydrogen-bond acceptors (Lipinski definition) is 7. The highest BCUT2D eigenvalue weighted by atomic mass is 32.2. The second-order valence-corrected chi connectivity index (χ2v) is 9.70. The summed E-state index contributed by atoms with van der Waals surface area (Å²) < 4.78 is 5.30. The number of anilines is 1. The topological polar surface area (TPSA) is 77.7 Å². The number of carbonyl (C=O) groups is 1. The summed E-state index contributed by atoms with van der Waals surface area (Å²) in [6, 6.07) is 23.0. The lowest BCUT2D eigenvalue weighted by Gasteiger charge is -2.23. The summed E-state index contributed by atoms with van der Waals surface area (Å²) in [6.45, 7) is 0. The minimum Gasteiger partial charge on any atom is -0.507 e. The van der Waals surface area contributed by atoms with E-state index in [0.717, 1.165) is 28.3 Å². The van der Waals surface area contributed by atoms with E-state index in [-0.39, 0.29) is 17.7 Å². The first-order valence-electron chi connectivity index (χ1n) is 11.5. The van der Waals surface area contributed by atoms with Crippen molar-refractivity contribution in [1.82, 2.24) is 5.01 Å². The van der Waals surface area contributed by atoms with Crippen LogP contribution in [0, 0.1) is 0 Å². The van der Waals surface area contributed by atoms with Crippen molar-refractivity contribution in [3.8, 4) is 11.5 Å². The zero-order valence-electron chi connectivity index (χ0n) is 20.3. The van der Waals surface area contributed by atoms with Crippen LogP contribution in [-0.4, -0.2) is 48.1 Å². The quantitative estimate of drug-likeness (QED) is 0.482. The van der Waals surface area contributed by atoms with E-state index in [9.17, 15) is 9.90 Å². The van der Waals surface area contributed by atoms with Crippen LogP contribution in [0.4, 0.5) is 5.69 Å². The molecular formula is C28H26N4O3S. The lowest BCUT2D eigenvalue weighted by atomic mass is 9.98. The van der Waals surface area contributed by atoms with Gasteiger partial charge < -0.3 is 14.7 Å². The Labute approximate surface area is 214 Å². The van der Waals surface area contributed by atoms with Gasteiger partial charge in [0.1, 0.15) is 11.5 Å². The van der Waals surface area contributed by atoms with Gasteiger partial charge in [-0.15, -0.1) is 0 Å². The third-order valence-corrected chi connectivity index (χ3v) is 7.13. The summed E-state index contributed by atoms with van der Waals surface area (Å²) >= 11 is 1.27. The predicted molar refractivity (Wildman–Crippen MR) is 146 cm³/mol. The molecule has 0 radical (unpaired) electrons. The van der Waals surface area contributed by atoms with Crippen LogP contribution >= 0.6 is 11.8 Å². The second-order valence-electron chi connectivity index (χ2n) is 8.69. The van der Waals surface area contributed by atoms with Gasteiger partial charge in [0, 0.05) is 31.8 Å². The first-order chi connectivity index (χ1) is 17.4. The van der Waals surface area contributed by atoms with Gasteiger partial charge in [0.15, 0.2) is 5.17 Å². The van der Waals surface area contributed by atoms with Crippen molar-refractivity contribution in [3.05, 3.63) is 94.4 Å². The summed E-state index contributed by atoms with van der Waals surface area (Å²) in [5, 5.41) is 17.4. The normalized spacial score (nSPS) is 18.4. The second kappa shape index (κ2) is 9.91. The largest absolute Gasteiger partial charge is 0.507 e. The van der Waals surface area contributed by atoms with E-state index in [4.69, 9.17) is 9.84 Å². The molecule has 0 saturated heterocycles. The van der Waals surface area contributed by atoms with E-state index in [1.54, 1.807) is 31.4 Å². The molecule has 2 heterocycles. The zero-order valence-corrected chi connectivity index (χ0v) is 21.1. The summed E-state index contributed by atoms with van der Waals surface area (Å²) in [6.07, 6.45) is 2.34. The first-order valence-corrected chi connectivity index (χ1v) is 12.3. The molecule has 3 aromatic rings. The molecule has 0 fully saturated rings. The van der Waals surface area contributed by atoms with E-state index in [1.807, 2.05) is 49.4 Å². The minimum absolute atomic E-state index is 0.109. The number of phenols is 1. The fourth-order valence-corrected chi connectivity index (χ4v) is 5.05. The Bertz CT molecular complexity index is 1380. The molecular weight excluding hydrogens is 472 g/mol. The molecule has 1 unspecified atom stereocenters. The van der Waals surface area contributed by atoms with Crippen LogP contribution in [0.5, 0.6) is 11.5 Å². The number of rotatable bonds is 5. The summed E-state index contributed by atoms with van der Waals surface area (Å²) in [7, 11) is 5.66. The van der Waals surface area contributed by atoms with E-state index in [0.29, 0.717) is 22.1 Å². The first kappa shape index (κ1) is 23.7. The Hall–Kier alpha value is -4.04. The average Bonchev–Trinajstić information content (AvgIpc) is 3.49. The number of ether oxygens (including phenoxy) is 1. The fraction of sp³-hybridized carbons (Fsp3) is 0.179. The molecule has 5 rings (SSSR count). The molecule has 8 heteroatoms. The molecule has 182 valence electrons. The van der Waals surface area contributed by atoms with E-state index in [1.165, 1.54) is 11.8 Å². The maximum absolute atomic E-state index is 12.8. The van der Waals surface area contributed by atoms with Crippen LogP contribution in [0.3, 0.4) is 0 Å². The molecule has 7 nitrogen and oxygen atoms in total. The van der Waals surface area contributed by atoms with Crippen LogP contribution in [0.15, 0.2) is 87.8 Å². The van der Waals surface area contributed by atoms with Gasteiger partial charge in [0.2, 0.25) is 0 Å². The number of benzene rings is 3. The molecule has 0 bridgehead atoms. The number of methoxy groups -OCH3 is 1. The molecule has 36 heavy (non-hydrogen) atoms. The minimum atomic E-state index is -0.340. The predicted octanol–water partition coefficient (Wildman–Crippen LogP) is 5.29. The van der Waals surface area contributed by atoms with Gasteiger partial charge in [-0.2, -0.15) is 10.1 Å². The number of hydrazone groups is 1. The van der Waals surface area contributed by atoms with Crippen LogP contribution < -0.4 is 9.64 Å². The van der Waals surface area contributed by atoms with E-state index < -0.39 is 0 Å². The number of thioether (sulfide) groups is 1. The third-order valence-electron chi connectivity index (χ3n) is 6.16. The molecule has 1 amide bonds. The number of aromatic hydroxyl groups is 1. The zero-order chi connectivity index (χ0) is 25.2. The number of aliphatic imine (C=N–C) groups is 1. The van der Waals surface area contributed by atoms with Gasteiger partial charge in [0.05, 0.1) is 23.8 Å². The molecule has 0 aliphatic carbocycles. The van der Waals surface area contributed by atoms with Gasteiger partial charge in [-0.1, -0.05) is 30.3 Å². The smallest absolute Gasteiger partial charge is 0.286 e. The molecule has 0 spiro atoms. The Morgan fingerprint density at radius 1 is 1.06 bits per heavy atom. The monoisotopic (exact) mass is 498 g/mol. The van der Waals surface area contributed by atoms with Gasteiger partial charge in [-0.25, -0.2) is 5.01 Å². The Morgan fingerprint density at radius 2 is 1.78 bits per heavy atom. The fourth-order valence-electron chi connectivity index (χ4n) is 4.15. The highest BCUT2D eigenvalue weighted by Crippen LogP contribution is 2.40. The molecule has 2 aliphatic heterocycles. The summed E-state index contributed by atoms with van der Waals surface area (Å²) in [5.74, 6) is 0.560. The molecule has 3 aromatic carbocycles. The number of amidine groups is 1. The van der Waals surface area contributed by atoms with Crippen molar-refractivity contribution in [2.24, 2.45) is 10.1 Å². The standard InChI is InChI=1S/C28H26N4O3S/c1-31(2)21-12-8-19(9-13-21)24-17-23(18-10-14-22(35-3)15-11-18)30-32(24)28-29-27(34)26(36-28)16-20-6-4-5-7-25(20)33/h4-16,24,33H,17H2,1-3H3/b26-16-. The van der Waals surface area contributed by atoms with Crippen molar-refractivity contribution in [3.63, 3.8) is 0 Å². The third kappa shape index (κ3) is 4.72. The average molecular weight is 499 g/mol. The lowest BCUT2D eigenvalue weighted by Crippen LogP contribution is -2.23. The van der Waals surface area contributed by atoms with Crippen LogP contribution in [0.25, 0.3) is 6.08 Å². The van der Waals surface area contributed by atoms with Gasteiger partial charge >= 0.3 is 0 Å². The van der Waals surface area contributed by atoms with Crippen molar-refractivity contribution >= 4 is 40.3 Å². The highest BCUT2D eigenvalue weighted by molar-refractivity contribution is 8.18. The lowest BCUT2D eigenvalue weighted by molar-refractivity contribution is -0.113. The van der Waals surface area contributed by atoms with E-state index >= 15 is 0 Å². The van der Waals surface area contributed by atoms with Crippen LogP contribution in [-0.2, 0) is 4.79 Å². The summed E-state index contributed by atoms with van der Waals surface area (Å²) in [4.78, 5) is 19.6. The molecule has 0 aromatic heterocycles. The maximum Gasteiger partial charge on any atom is 0.286 e. The Morgan fingerprint density at radius 3 is 2.44 bits per heavy atom. The van der Waals surface area contributed by atoms with Crippen LogP contribution in [0.1, 0.15) is 29.2 Å².